The highest BCUT2D eigenvalue weighted by atomic mass is 15.3. The van der Waals surface area contributed by atoms with E-state index in [-0.39, 0.29) is 0 Å². The van der Waals surface area contributed by atoms with E-state index in [9.17, 15) is 0 Å². The van der Waals surface area contributed by atoms with E-state index >= 15 is 0 Å². The van der Waals surface area contributed by atoms with Gasteiger partial charge in [0, 0.05) is 17.5 Å². The molecule has 0 aromatic heterocycles. The van der Waals surface area contributed by atoms with Crippen LogP contribution in [0.4, 0.5) is 5.69 Å². The fourth-order valence-electron chi connectivity index (χ4n) is 2.43. The van der Waals surface area contributed by atoms with Gasteiger partial charge >= 0.3 is 5.84 Å². The van der Waals surface area contributed by atoms with E-state index in [0.717, 1.165) is 17.8 Å². The fraction of sp³-hybridized carbons (Fsp3) is 0.0556. The third-order valence-corrected chi connectivity index (χ3v) is 3.66. The third-order valence-electron chi connectivity index (χ3n) is 3.66. The molecule has 0 unspecified atom stereocenters. The van der Waals surface area contributed by atoms with Crippen molar-refractivity contribution in [1.29, 1.82) is 0 Å². The summed E-state index contributed by atoms with van der Waals surface area (Å²) in [7, 11) is 0. The van der Waals surface area contributed by atoms with Gasteiger partial charge in [0.15, 0.2) is 0 Å². The number of amidine groups is 1. The molecule has 114 valence electrons. The second-order valence-corrected chi connectivity index (χ2v) is 5.21. The largest absolute Gasteiger partial charge is 0.381 e. The van der Waals surface area contributed by atoms with Crippen LogP contribution in [-0.2, 0) is 6.54 Å². The van der Waals surface area contributed by atoms with Crippen molar-refractivity contribution in [2.45, 2.75) is 6.54 Å². The second kappa shape index (κ2) is 6.70. The van der Waals surface area contributed by atoms with Gasteiger partial charge in [-0.3, -0.25) is 11.3 Å². The first-order chi connectivity index (χ1) is 11.3. The van der Waals surface area contributed by atoms with Crippen LogP contribution in [0, 0.1) is 0 Å². The van der Waals surface area contributed by atoms with Crippen LogP contribution in [0.5, 0.6) is 0 Å². The lowest BCUT2D eigenvalue weighted by Crippen LogP contribution is -2.38. The highest BCUT2D eigenvalue weighted by Crippen LogP contribution is 2.17. The maximum absolute atomic E-state index is 5.73. The van der Waals surface area contributed by atoms with E-state index in [1.807, 2.05) is 24.3 Å². The van der Waals surface area contributed by atoms with E-state index in [1.165, 1.54) is 16.3 Å². The molecule has 0 aliphatic carbocycles. The summed E-state index contributed by atoms with van der Waals surface area (Å²) in [5.41, 5.74) is 3.03. The van der Waals surface area contributed by atoms with Crippen LogP contribution in [0.2, 0.25) is 0 Å². The summed E-state index contributed by atoms with van der Waals surface area (Å²) >= 11 is 0. The van der Waals surface area contributed by atoms with Crippen molar-refractivity contribution in [3.05, 3.63) is 77.9 Å². The molecule has 0 heterocycles. The Hall–Kier alpha value is -3.21. The number of hydrogen-bond acceptors (Lipinski definition) is 2. The molecule has 3 aromatic carbocycles. The Morgan fingerprint density at radius 3 is 2.43 bits per heavy atom. The van der Waals surface area contributed by atoms with E-state index < -0.39 is 0 Å². The summed E-state index contributed by atoms with van der Waals surface area (Å²) < 4.78 is 0. The minimum atomic E-state index is 0.300. The van der Waals surface area contributed by atoms with Gasteiger partial charge in [-0.15, -0.1) is 0 Å². The topological polar surface area (TPSA) is 88.4 Å². The molecular formula is C18H18N5+. The first-order valence-corrected chi connectivity index (χ1v) is 7.31. The molecule has 0 saturated heterocycles. The van der Waals surface area contributed by atoms with Gasteiger partial charge in [-0.25, -0.2) is 0 Å². The number of nitrogens with one attached hydrogen (secondary N) is 1. The molecule has 5 heteroatoms. The van der Waals surface area contributed by atoms with Gasteiger partial charge in [0.05, 0.1) is 10.7 Å². The van der Waals surface area contributed by atoms with Crippen molar-refractivity contribution < 1.29 is 5.41 Å². The Balaban J connectivity index is 1.68. The molecule has 0 amide bonds. The maximum Gasteiger partial charge on any atom is 0.350 e. The monoisotopic (exact) mass is 304 g/mol. The molecule has 0 spiro atoms. The molecule has 3 aromatic rings. The van der Waals surface area contributed by atoms with Crippen molar-refractivity contribution in [3.8, 4) is 0 Å². The van der Waals surface area contributed by atoms with Gasteiger partial charge in [0.25, 0.3) is 0 Å². The Kier molecular flexibility index (Phi) is 4.29. The van der Waals surface area contributed by atoms with Crippen LogP contribution in [0.15, 0.2) is 77.1 Å². The Morgan fingerprint density at radius 1 is 0.957 bits per heavy atom. The van der Waals surface area contributed by atoms with Crippen LogP contribution in [-0.4, -0.2) is 5.84 Å². The van der Waals surface area contributed by atoms with Gasteiger partial charge in [0.1, 0.15) is 0 Å². The zero-order valence-corrected chi connectivity index (χ0v) is 12.6. The predicted octanol–water partition coefficient (Wildman–Crippen LogP) is 2.28. The molecule has 3 rings (SSSR count). The molecular weight excluding hydrogens is 286 g/mol. The standard InChI is InChI=1S/C18H17N5/c19-18(22-23-20)15-7-9-17(10-8-15)21-12-13-5-6-14-3-1-2-4-16(14)11-13/h1-11,21H,12H2,(H3,19,20,22)/p+1. The zero-order chi connectivity index (χ0) is 16.1. The van der Waals surface area contributed by atoms with Crippen molar-refractivity contribution in [2.75, 3.05) is 5.32 Å². The van der Waals surface area contributed by atoms with E-state index in [2.05, 4.69) is 58.1 Å². The first kappa shape index (κ1) is 14.7. The van der Waals surface area contributed by atoms with Crippen molar-refractivity contribution in [3.63, 3.8) is 0 Å². The lowest BCUT2D eigenvalue weighted by molar-refractivity contribution is -0.114. The lowest BCUT2D eigenvalue weighted by Gasteiger charge is -2.08. The smallest absolute Gasteiger partial charge is 0.350 e. The van der Waals surface area contributed by atoms with Crippen molar-refractivity contribution in [2.24, 2.45) is 16.2 Å². The predicted molar refractivity (Wildman–Crippen MR) is 92.8 cm³/mol. The quantitative estimate of drug-likeness (QED) is 0.227. The average molecular weight is 304 g/mol. The van der Waals surface area contributed by atoms with Crippen molar-refractivity contribution in [1.82, 2.24) is 0 Å². The maximum atomic E-state index is 5.73. The number of benzene rings is 3. The van der Waals surface area contributed by atoms with Crippen LogP contribution >= 0.6 is 0 Å². The molecule has 0 radical (unpaired) electrons. The average Bonchev–Trinajstić information content (AvgIpc) is 2.60. The number of anilines is 1. The van der Waals surface area contributed by atoms with Gasteiger partial charge < -0.3 is 5.32 Å². The summed E-state index contributed by atoms with van der Waals surface area (Å²) in [6, 6.07) is 22.5. The molecule has 23 heavy (non-hydrogen) atoms. The number of nitrogens with zero attached hydrogens (tertiary/aromatic N) is 2. The molecule has 0 bridgehead atoms. The summed E-state index contributed by atoms with van der Waals surface area (Å²) in [4.78, 5) is 0. The number of rotatable bonds is 4. The fourth-order valence-corrected chi connectivity index (χ4v) is 2.43. The molecule has 5 nitrogen and oxygen atoms in total. The van der Waals surface area contributed by atoms with Gasteiger partial charge in [-0.2, -0.15) is 0 Å². The SMILES string of the molecule is NN=NC(=[NH2+])c1ccc(NCc2ccc3ccccc3c2)cc1. The summed E-state index contributed by atoms with van der Waals surface area (Å²) in [6.45, 7) is 0.756. The van der Waals surface area contributed by atoms with Crippen LogP contribution in [0.3, 0.4) is 0 Å². The highest BCUT2D eigenvalue weighted by Gasteiger charge is 2.07. The number of nitrogens with two attached hydrogens (primary N) is 2. The molecule has 0 aliphatic rings. The molecule has 0 fully saturated rings. The van der Waals surface area contributed by atoms with E-state index in [1.54, 1.807) is 0 Å². The first-order valence-electron chi connectivity index (χ1n) is 7.31. The lowest BCUT2D eigenvalue weighted by atomic mass is 10.1. The third kappa shape index (κ3) is 3.52. The van der Waals surface area contributed by atoms with Crippen LogP contribution in [0.25, 0.3) is 10.8 Å². The molecule has 5 N–H and O–H groups in total. The summed E-state index contributed by atoms with van der Waals surface area (Å²) in [6.07, 6.45) is 0. The van der Waals surface area contributed by atoms with Crippen LogP contribution < -0.4 is 16.6 Å². The van der Waals surface area contributed by atoms with Crippen molar-refractivity contribution >= 4 is 22.3 Å². The zero-order valence-electron chi connectivity index (χ0n) is 12.6. The molecule has 0 saturated carbocycles. The molecule has 0 atom stereocenters. The minimum absolute atomic E-state index is 0.300. The Labute approximate surface area is 134 Å². The normalized spacial score (nSPS) is 11.0. The Bertz CT molecular complexity index is 853. The highest BCUT2D eigenvalue weighted by molar-refractivity contribution is 5.94. The van der Waals surface area contributed by atoms with Gasteiger partial charge in [0.2, 0.25) is 0 Å². The summed E-state index contributed by atoms with van der Waals surface area (Å²) in [5, 5.41) is 18.4. The summed E-state index contributed by atoms with van der Waals surface area (Å²) in [5.74, 6) is 5.29. The van der Waals surface area contributed by atoms with Gasteiger partial charge in [-0.05, 0) is 46.7 Å². The van der Waals surface area contributed by atoms with Gasteiger partial charge in [-0.1, -0.05) is 36.4 Å². The molecule has 0 aliphatic heterocycles. The Morgan fingerprint density at radius 2 is 1.70 bits per heavy atom. The number of hydrogen-bond donors (Lipinski definition) is 3. The minimum Gasteiger partial charge on any atom is -0.381 e. The van der Waals surface area contributed by atoms with E-state index in [0.29, 0.717) is 5.84 Å². The second-order valence-electron chi connectivity index (χ2n) is 5.21. The number of fused-ring (bicyclic) bond motifs is 1. The van der Waals surface area contributed by atoms with Crippen LogP contribution in [0.1, 0.15) is 11.1 Å². The van der Waals surface area contributed by atoms with E-state index in [4.69, 9.17) is 11.3 Å².